The molecule has 0 radical (unpaired) electrons. The van der Waals surface area contributed by atoms with Gasteiger partial charge in [-0.3, -0.25) is 4.79 Å². The number of rotatable bonds is 6. The lowest BCUT2D eigenvalue weighted by Crippen LogP contribution is -2.46. The number of hydrogen-bond acceptors (Lipinski definition) is 3. The van der Waals surface area contributed by atoms with Gasteiger partial charge in [-0.25, -0.2) is 0 Å². The van der Waals surface area contributed by atoms with Crippen molar-refractivity contribution >= 4 is 5.91 Å². The summed E-state index contributed by atoms with van der Waals surface area (Å²) in [6.07, 6.45) is 8.92. The van der Waals surface area contributed by atoms with E-state index < -0.39 is 5.92 Å². The van der Waals surface area contributed by atoms with Crippen LogP contribution in [-0.2, 0) is 4.79 Å². The second kappa shape index (κ2) is 6.07. The van der Waals surface area contributed by atoms with Gasteiger partial charge in [0, 0.05) is 24.7 Å². The molecule has 140 valence electrons. The number of carbonyl (C=O) groups excluding carboxylic acids is 1. The van der Waals surface area contributed by atoms with Crippen molar-refractivity contribution in [1.29, 1.82) is 0 Å². The summed E-state index contributed by atoms with van der Waals surface area (Å²) in [5.74, 6) is 0.302. The van der Waals surface area contributed by atoms with Gasteiger partial charge in [0.25, 0.3) is 0 Å². The third-order valence-corrected chi connectivity index (χ3v) is 7.48. The van der Waals surface area contributed by atoms with Crippen LogP contribution in [0.5, 0.6) is 0 Å². The summed E-state index contributed by atoms with van der Waals surface area (Å²) in [4.78, 5) is 15.4. The molecule has 4 fully saturated rings. The van der Waals surface area contributed by atoms with Crippen LogP contribution in [0.15, 0.2) is 30.3 Å². The minimum atomic E-state index is -0.416. The molecule has 1 amide bonds. The monoisotopic (exact) mass is 354 g/mol. The molecule has 0 bridgehead atoms. The average molecular weight is 354 g/mol. The maximum absolute atomic E-state index is 13.2. The molecule has 4 nitrogen and oxygen atoms in total. The van der Waals surface area contributed by atoms with Gasteiger partial charge in [0.05, 0.1) is 12.5 Å². The minimum absolute atomic E-state index is 0.108. The standard InChI is InChI=1S/C22H30N2O2/c25-14-19(16-4-2-1-3-5-16)20(26)24(18-6-7-18)13-17-12-22(17)11-10-21(8-9-21)15-23-22/h1-5,17-19,23,25H,6-15H2/t17-,19?,22+/m0/s1. The Kier molecular flexibility index (Phi) is 3.91. The second-order valence-electron chi connectivity index (χ2n) is 9.28. The summed E-state index contributed by atoms with van der Waals surface area (Å²) in [5, 5.41) is 13.8. The summed E-state index contributed by atoms with van der Waals surface area (Å²) < 4.78 is 0. The maximum Gasteiger partial charge on any atom is 0.232 e. The maximum atomic E-state index is 13.2. The van der Waals surface area contributed by atoms with Crippen molar-refractivity contribution < 1.29 is 9.90 Å². The molecule has 0 aromatic heterocycles. The SMILES string of the molecule is O=C(C(CO)c1ccccc1)N(C[C@@H]1C[C@]12CCC1(CC1)CN2)C1CC1. The van der Waals surface area contributed by atoms with E-state index in [0.717, 1.165) is 24.9 Å². The molecule has 1 aliphatic heterocycles. The quantitative estimate of drug-likeness (QED) is 0.826. The van der Waals surface area contributed by atoms with E-state index in [4.69, 9.17) is 0 Å². The van der Waals surface area contributed by atoms with Crippen LogP contribution in [0.3, 0.4) is 0 Å². The Balaban J connectivity index is 1.26. The highest BCUT2D eigenvalue weighted by molar-refractivity contribution is 5.84. The average Bonchev–Trinajstić information content (AvgIpc) is 3.54. The molecular weight excluding hydrogens is 324 g/mol. The molecule has 1 unspecified atom stereocenters. The van der Waals surface area contributed by atoms with Gasteiger partial charge in [-0.15, -0.1) is 0 Å². The van der Waals surface area contributed by atoms with Crippen LogP contribution in [0.1, 0.15) is 56.4 Å². The van der Waals surface area contributed by atoms with Gasteiger partial charge in [-0.05, 0) is 61.8 Å². The van der Waals surface area contributed by atoms with Crippen molar-refractivity contribution in [1.82, 2.24) is 10.2 Å². The first-order valence-electron chi connectivity index (χ1n) is 10.4. The predicted molar refractivity (Wildman–Crippen MR) is 101 cm³/mol. The Morgan fingerprint density at radius 3 is 2.50 bits per heavy atom. The zero-order valence-electron chi connectivity index (χ0n) is 15.5. The fourth-order valence-corrected chi connectivity index (χ4v) is 5.03. The zero-order valence-corrected chi connectivity index (χ0v) is 15.5. The van der Waals surface area contributed by atoms with Crippen LogP contribution in [-0.4, -0.2) is 47.2 Å². The fraction of sp³-hybridized carbons (Fsp3) is 0.682. The number of carbonyl (C=O) groups is 1. The van der Waals surface area contributed by atoms with E-state index in [-0.39, 0.29) is 12.5 Å². The predicted octanol–water partition coefficient (Wildman–Crippen LogP) is 2.68. The van der Waals surface area contributed by atoms with Crippen molar-refractivity contribution in [2.24, 2.45) is 11.3 Å². The van der Waals surface area contributed by atoms with Crippen molar-refractivity contribution in [3.63, 3.8) is 0 Å². The summed E-state index contributed by atoms with van der Waals surface area (Å²) in [7, 11) is 0. The van der Waals surface area contributed by atoms with Gasteiger partial charge in [-0.2, -0.15) is 0 Å². The number of hydrogen-bond donors (Lipinski definition) is 2. The van der Waals surface area contributed by atoms with Gasteiger partial charge >= 0.3 is 0 Å². The van der Waals surface area contributed by atoms with E-state index in [0.29, 0.717) is 22.9 Å². The van der Waals surface area contributed by atoms with E-state index in [1.807, 2.05) is 30.3 Å². The van der Waals surface area contributed by atoms with E-state index in [1.54, 1.807) is 0 Å². The smallest absolute Gasteiger partial charge is 0.232 e. The number of aliphatic hydroxyl groups is 1. The third kappa shape index (κ3) is 2.97. The van der Waals surface area contributed by atoms with Crippen LogP contribution in [0.2, 0.25) is 0 Å². The van der Waals surface area contributed by atoms with Crippen LogP contribution in [0.25, 0.3) is 0 Å². The number of amides is 1. The molecule has 2 N–H and O–H groups in total. The number of aliphatic hydroxyl groups excluding tert-OH is 1. The minimum Gasteiger partial charge on any atom is -0.395 e. The zero-order chi connectivity index (χ0) is 17.8. The Morgan fingerprint density at radius 2 is 1.92 bits per heavy atom. The molecule has 1 aromatic carbocycles. The molecule has 26 heavy (non-hydrogen) atoms. The molecule has 3 saturated carbocycles. The number of benzene rings is 1. The first kappa shape index (κ1) is 16.8. The first-order valence-corrected chi connectivity index (χ1v) is 10.4. The van der Waals surface area contributed by atoms with Gasteiger partial charge in [0.15, 0.2) is 0 Å². The fourth-order valence-electron chi connectivity index (χ4n) is 5.03. The van der Waals surface area contributed by atoms with Gasteiger partial charge in [-0.1, -0.05) is 30.3 Å². The Labute approximate surface area is 156 Å². The molecule has 1 aromatic rings. The molecule has 5 rings (SSSR count). The molecule has 1 heterocycles. The highest BCUT2D eigenvalue weighted by Crippen LogP contribution is 2.59. The van der Waals surface area contributed by atoms with E-state index in [9.17, 15) is 9.90 Å². The van der Waals surface area contributed by atoms with Crippen molar-refractivity contribution in [2.45, 2.75) is 62.4 Å². The van der Waals surface area contributed by atoms with Crippen LogP contribution < -0.4 is 5.32 Å². The van der Waals surface area contributed by atoms with Crippen molar-refractivity contribution in [3.05, 3.63) is 35.9 Å². The van der Waals surface area contributed by atoms with Crippen molar-refractivity contribution in [3.8, 4) is 0 Å². The van der Waals surface area contributed by atoms with Crippen LogP contribution in [0.4, 0.5) is 0 Å². The Bertz CT molecular complexity index is 671. The summed E-state index contributed by atoms with van der Waals surface area (Å²) >= 11 is 0. The van der Waals surface area contributed by atoms with E-state index in [2.05, 4.69) is 10.2 Å². The normalized spacial score (nSPS) is 32.4. The highest BCUT2D eigenvalue weighted by atomic mass is 16.3. The van der Waals surface area contributed by atoms with E-state index >= 15 is 0 Å². The number of nitrogens with one attached hydrogen (secondary N) is 1. The molecule has 4 aliphatic rings. The lowest BCUT2D eigenvalue weighted by atomic mass is 9.89. The molecule has 2 spiro atoms. The number of nitrogens with zero attached hydrogens (tertiary/aromatic N) is 1. The molecule has 3 atom stereocenters. The lowest BCUT2D eigenvalue weighted by molar-refractivity contribution is -0.134. The first-order chi connectivity index (χ1) is 12.6. The van der Waals surface area contributed by atoms with Gasteiger partial charge in [0.1, 0.15) is 0 Å². The van der Waals surface area contributed by atoms with Crippen molar-refractivity contribution in [2.75, 3.05) is 19.7 Å². The van der Waals surface area contributed by atoms with Gasteiger partial charge < -0.3 is 15.3 Å². The third-order valence-electron chi connectivity index (χ3n) is 7.48. The topological polar surface area (TPSA) is 52.6 Å². The molecule has 4 heteroatoms. The molecular formula is C22H30N2O2. The summed E-state index contributed by atoms with van der Waals surface area (Å²) in [6, 6.07) is 10.2. The Morgan fingerprint density at radius 1 is 1.19 bits per heavy atom. The highest BCUT2D eigenvalue weighted by Gasteiger charge is 2.60. The van der Waals surface area contributed by atoms with Crippen LogP contribution in [0, 0.1) is 11.3 Å². The van der Waals surface area contributed by atoms with Gasteiger partial charge in [0.2, 0.25) is 5.91 Å². The van der Waals surface area contributed by atoms with Crippen LogP contribution >= 0.6 is 0 Å². The summed E-state index contributed by atoms with van der Waals surface area (Å²) in [6.45, 7) is 1.94. The summed E-state index contributed by atoms with van der Waals surface area (Å²) in [5.41, 5.74) is 1.88. The second-order valence-corrected chi connectivity index (χ2v) is 9.28. The number of piperidine rings is 1. The van der Waals surface area contributed by atoms with E-state index in [1.165, 1.54) is 38.6 Å². The largest absolute Gasteiger partial charge is 0.395 e. The lowest BCUT2D eigenvalue weighted by Gasteiger charge is -2.33. The molecule has 3 aliphatic carbocycles. The Hall–Kier alpha value is -1.39. The molecule has 1 saturated heterocycles.